The molecule has 0 amide bonds. The van der Waals surface area contributed by atoms with Crippen molar-refractivity contribution in [3.8, 4) is 0 Å². The molecule has 1 heterocycles. The first-order chi connectivity index (χ1) is 7.99. The van der Waals surface area contributed by atoms with Crippen LogP contribution >= 0.6 is 0 Å². The van der Waals surface area contributed by atoms with E-state index in [0.29, 0.717) is 26.0 Å². The van der Waals surface area contributed by atoms with E-state index in [0.717, 1.165) is 17.1 Å². The quantitative estimate of drug-likeness (QED) is 0.698. The van der Waals surface area contributed by atoms with E-state index in [-0.39, 0.29) is 5.75 Å². The van der Waals surface area contributed by atoms with E-state index in [4.69, 9.17) is 9.84 Å². The topological polar surface area (TPSA) is 83.9 Å². The summed E-state index contributed by atoms with van der Waals surface area (Å²) in [6.45, 7) is 0.678. The van der Waals surface area contributed by atoms with Gasteiger partial charge in [-0.15, -0.1) is 0 Å². The predicted octanol–water partition coefficient (Wildman–Crippen LogP) is 0.292. The van der Waals surface area contributed by atoms with Gasteiger partial charge >= 0.3 is 5.97 Å². The number of hydrogen-bond acceptors (Lipinski definition) is 4. The first-order valence-corrected chi connectivity index (χ1v) is 7.31. The predicted molar refractivity (Wildman–Crippen MR) is 62.3 cm³/mol. The van der Waals surface area contributed by atoms with Gasteiger partial charge in [-0.2, -0.15) is 4.31 Å². The highest BCUT2D eigenvalue weighted by atomic mass is 32.2. The van der Waals surface area contributed by atoms with E-state index in [2.05, 4.69) is 0 Å². The maximum atomic E-state index is 12.0. The molecule has 0 aromatic rings. The largest absolute Gasteiger partial charge is 0.480 e. The van der Waals surface area contributed by atoms with E-state index >= 15 is 0 Å². The molecule has 1 atom stereocenters. The van der Waals surface area contributed by atoms with Crippen LogP contribution in [0.4, 0.5) is 0 Å². The van der Waals surface area contributed by atoms with Crippen LogP contribution < -0.4 is 0 Å². The van der Waals surface area contributed by atoms with Crippen LogP contribution in [0.25, 0.3) is 0 Å². The van der Waals surface area contributed by atoms with E-state index in [1.54, 1.807) is 0 Å². The summed E-state index contributed by atoms with van der Waals surface area (Å²) < 4.78 is 29.9. The number of rotatable bonds is 6. The summed E-state index contributed by atoms with van der Waals surface area (Å²) >= 11 is 0. The molecule has 0 saturated carbocycles. The smallest absolute Gasteiger partial charge is 0.322 e. The maximum absolute atomic E-state index is 12.0. The summed E-state index contributed by atoms with van der Waals surface area (Å²) in [4.78, 5) is 11.0. The minimum Gasteiger partial charge on any atom is -0.480 e. The molecule has 0 unspecified atom stereocenters. The molecule has 6 nitrogen and oxygen atoms in total. The van der Waals surface area contributed by atoms with Crippen LogP contribution in [0.5, 0.6) is 0 Å². The van der Waals surface area contributed by atoms with Gasteiger partial charge in [-0.1, -0.05) is 0 Å². The molecule has 1 aliphatic rings. The second-order valence-electron chi connectivity index (χ2n) is 4.12. The first kappa shape index (κ1) is 14.4. The fourth-order valence-corrected chi connectivity index (χ4v) is 3.70. The molecule has 0 bridgehead atoms. The number of methoxy groups -OCH3 is 1. The van der Waals surface area contributed by atoms with Crippen molar-refractivity contribution in [2.75, 3.05) is 26.0 Å². The zero-order valence-corrected chi connectivity index (χ0v) is 10.8. The summed E-state index contributed by atoms with van der Waals surface area (Å²) in [6.07, 6.45) is 2.29. The lowest BCUT2D eigenvalue weighted by Crippen LogP contribution is -2.48. The molecule has 17 heavy (non-hydrogen) atoms. The van der Waals surface area contributed by atoms with Crippen molar-refractivity contribution in [2.24, 2.45) is 0 Å². The standard InChI is InChI=1S/C10H19NO5S/c1-16-7-4-8-17(14,15)11-6-3-2-5-9(11)10(12)13/h9H,2-8H2,1H3,(H,12,13)/t9-/m0/s1. The highest BCUT2D eigenvalue weighted by Gasteiger charge is 2.36. The van der Waals surface area contributed by atoms with Crippen LogP contribution in [0.15, 0.2) is 0 Å². The Balaban J connectivity index is 2.69. The number of carboxylic acid groups (broad SMARTS) is 1. The normalized spacial score (nSPS) is 22.5. The Hall–Kier alpha value is -0.660. The number of nitrogens with zero attached hydrogens (tertiary/aromatic N) is 1. The lowest BCUT2D eigenvalue weighted by molar-refractivity contribution is -0.142. The maximum Gasteiger partial charge on any atom is 0.322 e. The fraction of sp³-hybridized carbons (Fsp3) is 0.900. The van der Waals surface area contributed by atoms with Crippen molar-refractivity contribution in [3.05, 3.63) is 0 Å². The van der Waals surface area contributed by atoms with Gasteiger partial charge in [0.2, 0.25) is 10.0 Å². The van der Waals surface area contributed by atoms with Gasteiger partial charge in [0.05, 0.1) is 5.75 Å². The van der Waals surface area contributed by atoms with Crippen molar-refractivity contribution < 1.29 is 23.1 Å². The number of piperidine rings is 1. The average Bonchev–Trinajstić information content (AvgIpc) is 2.29. The second-order valence-corrected chi connectivity index (χ2v) is 6.16. The van der Waals surface area contributed by atoms with Crippen LogP contribution in [0.3, 0.4) is 0 Å². The first-order valence-electron chi connectivity index (χ1n) is 5.70. The number of ether oxygens (including phenoxy) is 1. The lowest BCUT2D eigenvalue weighted by Gasteiger charge is -2.31. The molecule has 7 heteroatoms. The third-order valence-electron chi connectivity index (χ3n) is 2.85. The Kier molecular flexibility index (Phi) is 5.35. The number of sulfonamides is 1. The molecule has 0 aromatic carbocycles. The highest BCUT2D eigenvalue weighted by Crippen LogP contribution is 2.21. The molecule has 0 aliphatic carbocycles. The zero-order chi connectivity index (χ0) is 12.9. The average molecular weight is 265 g/mol. The molecular weight excluding hydrogens is 246 g/mol. The zero-order valence-electron chi connectivity index (χ0n) is 9.96. The Bertz CT molecular complexity index is 354. The van der Waals surface area contributed by atoms with E-state index in [1.807, 2.05) is 0 Å². The number of aliphatic carboxylic acids is 1. The number of carbonyl (C=O) groups is 1. The third kappa shape index (κ3) is 3.93. The molecule has 0 aromatic heterocycles. The van der Waals surface area contributed by atoms with Gasteiger partial charge in [-0.05, 0) is 25.7 Å². The summed E-state index contributed by atoms with van der Waals surface area (Å²) in [6, 6.07) is -0.892. The van der Waals surface area contributed by atoms with E-state index < -0.39 is 22.0 Å². The molecule has 1 saturated heterocycles. The van der Waals surface area contributed by atoms with Crippen LogP contribution in [0.1, 0.15) is 25.7 Å². The SMILES string of the molecule is COCCCS(=O)(=O)N1CCCC[C@H]1C(=O)O. The van der Waals surface area contributed by atoms with Crippen LogP contribution in [0, 0.1) is 0 Å². The minimum absolute atomic E-state index is 0.0510. The van der Waals surface area contributed by atoms with Crippen LogP contribution in [0.2, 0.25) is 0 Å². The van der Waals surface area contributed by atoms with E-state index in [9.17, 15) is 13.2 Å². The van der Waals surface area contributed by atoms with Gasteiger partial charge in [-0.25, -0.2) is 8.42 Å². The molecule has 1 fully saturated rings. The highest BCUT2D eigenvalue weighted by molar-refractivity contribution is 7.89. The molecule has 100 valence electrons. The number of carboxylic acids is 1. The van der Waals surface area contributed by atoms with Gasteiger partial charge in [-0.3, -0.25) is 4.79 Å². The number of hydrogen-bond donors (Lipinski definition) is 1. The molecule has 1 aliphatic heterocycles. The van der Waals surface area contributed by atoms with Crippen molar-refractivity contribution in [2.45, 2.75) is 31.7 Å². The van der Waals surface area contributed by atoms with Crippen molar-refractivity contribution >= 4 is 16.0 Å². The summed E-state index contributed by atoms with van der Waals surface area (Å²) in [7, 11) is -1.97. The van der Waals surface area contributed by atoms with Crippen molar-refractivity contribution in [1.82, 2.24) is 4.31 Å². The third-order valence-corrected chi connectivity index (χ3v) is 4.80. The van der Waals surface area contributed by atoms with Crippen molar-refractivity contribution in [1.29, 1.82) is 0 Å². The minimum atomic E-state index is -3.48. The summed E-state index contributed by atoms with van der Waals surface area (Å²) in [5.41, 5.74) is 0. The Morgan fingerprint density at radius 1 is 1.47 bits per heavy atom. The fourth-order valence-electron chi connectivity index (χ4n) is 1.99. The van der Waals surface area contributed by atoms with Gasteiger partial charge < -0.3 is 9.84 Å². The Morgan fingerprint density at radius 2 is 2.18 bits per heavy atom. The summed E-state index contributed by atoms with van der Waals surface area (Å²) in [5, 5.41) is 9.01. The molecule has 1 N–H and O–H groups in total. The monoisotopic (exact) mass is 265 g/mol. The van der Waals surface area contributed by atoms with Gasteiger partial charge in [0, 0.05) is 20.3 Å². The second kappa shape index (κ2) is 6.32. The van der Waals surface area contributed by atoms with E-state index in [1.165, 1.54) is 7.11 Å². The van der Waals surface area contributed by atoms with Gasteiger partial charge in [0.25, 0.3) is 0 Å². The molecule has 0 radical (unpaired) electrons. The summed E-state index contributed by atoms with van der Waals surface area (Å²) in [5.74, 6) is -1.11. The molecule has 0 spiro atoms. The molecule has 1 rings (SSSR count). The van der Waals surface area contributed by atoms with Gasteiger partial charge in [0.1, 0.15) is 6.04 Å². The lowest BCUT2D eigenvalue weighted by atomic mass is 10.1. The molecular formula is C10H19NO5S. The Labute approximate surface area is 102 Å². The van der Waals surface area contributed by atoms with Crippen molar-refractivity contribution in [3.63, 3.8) is 0 Å². The van der Waals surface area contributed by atoms with Crippen LogP contribution in [-0.4, -0.2) is 55.9 Å². The van der Waals surface area contributed by atoms with Crippen LogP contribution in [-0.2, 0) is 19.6 Å². The van der Waals surface area contributed by atoms with Gasteiger partial charge in [0.15, 0.2) is 0 Å². The Morgan fingerprint density at radius 3 is 2.76 bits per heavy atom.